The fraction of sp³-hybridized carbons (Fsp3) is 0.533. The zero-order valence-corrected chi connectivity index (χ0v) is 13.4. The van der Waals surface area contributed by atoms with E-state index in [2.05, 4.69) is 10.6 Å². The number of hydrogen-bond acceptors (Lipinski definition) is 4. The Hall–Kier alpha value is -1.14. The average Bonchev–Trinajstić information content (AvgIpc) is 2.49. The third-order valence-corrected chi connectivity index (χ3v) is 2.80. The van der Waals surface area contributed by atoms with Crippen molar-refractivity contribution in [1.29, 1.82) is 0 Å². The number of carbonyl (C=O) groups is 1. The number of rotatable bonds is 10. The second kappa shape index (κ2) is 12.6. The first kappa shape index (κ1) is 19.9. The van der Waals surface area contributed by atoms with Crippen LogP contribution in [0.3, 0.4) is 0 Å². The van der Waals surface area contributed by atoms with Crippen LogP contribution in [0.15, 0.2) is 30.3 Å². The minimum atomic E-state index is -0.450. The van der Waals surface area contributed by atoms with E-state index < -0.39 is 6.10 Å². The number of halogens is 1. The third kappa shape index (κ3) is 9.42. The first-order valence-electron chi connectivity index (χ1n) is 6.87. The van der Waals surface area contributed by atoms with Crippen LogP contribution in [0.4, 0.5) is 0 Å². The molecule has 0 saturated heterocycles. The zero-order chi connectivity index (χ0) is 14.6. The molecule has 5 nitrogen and oxygen atoms in total. The van der Waals surface area contributed by atoms with E-state index in [1.165, 1.54) is 0 Å². The van der Waals surface area contributed by atoms with Crippen molar-refractivity contribution < 1.29 is 14.3 Å². The molecule has 0 spiro atoms. The predicted molar refractivity (Wildman–Crippen MR) is 85.7 cm³/mol. The van der Waals surface area contributed by atoms with Gasteiger partial charge in [0.2, 0.25) is 5.91 Å². The Morgan fingerprint density at radius 3 is 2.57 bits per heavy atom. The van der Waals surface area contributed by atoms with Crippen molar-refractivity contribution in [2.24, 2.45) is 0 Å². The van der Waals surface area contributed by atoms with Gasteiger partial charge in [-0.25, -0.2) is 0 Å². The number of amides is 1. The molecule has 1 aromatic rings. The SMILES string of the molecule is COCCNCCNC(=O)C(C)OCc1ccccc1.Cl. The minimum absolute atomic E-state index is 0. The van der Waals surface area contributed by atoms with E-state index in [4.69, 9.17) is 9.47 Å². The van der Waals surface area contributed by atoms with Gasteiger partial charge in [-0.3, -0.25) is 4.79 Å². The first-order valence-corrected chi connectivity index (χ1v) is 6.87. The molecule has 1 rings (SSSR count). The van der Waals surface area contributed by atoms with Gasteiger partial charge in [0.1, 0.15) is 6.10 Å². The Labute approximate surface area is 132 Å². The highest BCUT2D eigenvalue weighted by Gasteiger charge is 2.12. The van der Waals surface area contributed by atoms with Gasteiger partial charge in [-0.2, -0.15) is 0 Å². The minimum Gasteiger partial charge on any atom is -0.383 e. The number of ether oxygens (including phenoxy) is 2. The molecule has 0 fully saturated rings. The van der Waals surface area contributed by atoms with E-state index in [1.807, 2.05) is 30.3 Å². The van der Waals surface area contributed by atoms with E-state index in [9.17, 15) is 4.79 Å². The Balaban J connectivity index is 0.00000400. The van der Waals surface area contributed by atoms with E-state index >= 15 is 0 Å². The van der Waals surface area contributed by atoms with Crippen molar-refractivity contribution in [3.63, 3.8) is 0 Å². The summed E-state index contributed by atoms with van der Waals surface area (Å²) >= 11 is 0. The number of hydrogen-bond donors (Lipinski definition) is 2. The molecule has 1 aromatic carbocycles. The molecule has 0 aliphatic carbocycles. The quantitative estimate of drug-likeness (QED) is 0.640. The molecule has 120 valence electrons. The van der Waals surface area contributed by atoms with E-state index in [0.29, 0.717) is 19.8 Å². The molecule has 0 aliphatic rings. The van der Waals surface area contributed by atoms with Crippen LogP contribution in [0.2, 0.25) is 0 Å². The summed E-state index contributed by atoms with van der Waals surface area (Å²) in [5, 5.41) is 5.99. The lowest BCUT2D eigenvalue weighted by atomic mass is 10.2. The Kier molecular flexibility index (Phi) is 11.9. The maximum absolute atomic E-state index is 11.8. The van der Waals surface area contributed by atoms with Crippen molar-refractivity contribution in [1.82, 2.24) is 10.6 Å². The molecule has 0 aromatic heterocycles. The molecule has 0 saturated carbocycles. The van der Waals surface area contributed by atoms with Gasteiger partial charge in [0, 0.05) is 26.7 Å². The number of carbonyl (C=O) groups excluding carboxylic acids is 1. The maximum Gasteiger partial charge on any atom is 0.248 e. The van der Waals surface area contributed by atoms with Crippen LogP contribution in [0.5, 0.6) is 0 Å². The summed E-state index contributed by atoms with van der Waals surface area (Å²) in [6.45, 7) is 4.97. The second-order valence-electron chi connectivity index (χ2n) is 4.47. The molecule has 0 aliphatic heterocycles. The van der Waals surface area contributed by atoms with Gasteiger partial charge in [0.05, 0.1) is 13.2 Å². The maximum atomic E-state index is 11.8. The van der Waals surface area contributed by atoms with E-state index in [0.717, 1.165) is 18.7 Å². The fourth-order valence-electron chi connectivity index (χ4n) is 1.59. The Bertz CT molecular complexity index is 376. The summed E-state index contributed by atoms with van der Waals surface area (Å²) in [5.74, 6) is -0.0885. The Morgan fingerprint density at radius 2 is 1.90 bits per heavy atom. The predicted octanol–water partition coefficient (Wildman–Crippen LogP) is 1.37. The highest BCUT2D eigenvalue weighted by atomic mass is 35.5. The molecule has 1 amide bonds. The normalized spacial score (nSPS) is 11.5. The summed E-state index contributed by atoms with van der Waals surface area (Å²) in [4.78, 5) is 11.8. The van der Waals surface area contributed by atoms with Crippen LogP contribution >= 0.6 is 12.4 Å². The van der Waals surface area contributed by atoms with Crippen LogP contribution in [-0.4, -0.2) is 45.4 Å². The monoisotopic (exact) mass is 316 g/mol. The third-order valence-electron chi connectivity index (χ3n) is 2.80. The molecule has 21 heavy (non-hydrogen) atoms. The highest BCUT2D eigenvalue weighted by molar-refractivity contribution is 5.85. The van der Waals surface area contributed by atoms with Gasteiger partial charge in [-0.15, -0.1) is 12.4 Å². The second-order valence-corrected chi connectivity index (χ2v) is 4.47. The summed E-state index contributed by atoms with van der Waals surface area (Å²) in [5.41, 5.74) is 1.06. The smallest absolute Gasteiger partial charge is 0.248 e. The van der Waals surface area contributed by atoms with Gasteiger partial charge in [-0.05, 0) is 12.5 Å². The first-order chi connectivity index (χ1) is 9.74. The van der Waals surface area contributed by atoms with Crippen LogP contribution in [0.25, 0.3) is 0 Å². The van der Waals surface area contributed by atoms with Crippen molar-refractivity contribution in [2.75, 3.05) is 33.4 Å². The molecule has 0 radical (unpaired) electrons. The molecule has 0 bridgehead atoms. The van der Waals surface area contributed by atoms with Crippen LogP contribution in [0.1, 0.15) is 12.5 Å². The van der Waals surface area contributed by atoms with Crippen molar-refractivity contribution >= 4 is 18.3 Å². The molecule has 1 atom stereocenters. The topological polar surface area (TPSA) is 59.6 Å². The van der Waals surface area contributed by atoms with Crippen molar-refractivity contribution in [3.8, 4) is 0 Å². The summed E-state index contributed by atoms with van der Waals surface area (Å²) in [6.07, 6.45) is -0.450. The highest BCUT2D eigenvalue weighted by Crippen LogP contribution is 2.03. The number of benzene rings is 1. The summed E-state index contributed by atoms with van der Waals surface area (Å²) < 4.78 is 10.4. The largest absolute Gasteiger partial charge is 0.383 e. The molecule has 2 N–H and O–H groups in total. The van der Waals surface area contributed by atoms with Crippen LogP contribution in [-0.2, 0) is 20.9 Å². The molecule has 0 heterocycles. The van der Waals surface area contributed by atoms with Crippen LogP contribution < -0.4 is 10.6 Å². The fourth-order valence-corrected chi connectivity index (χ4v) is 1.59. The molecule has 6 heteroatoms. The van der Waals surface area contributed by atoms with Crippen molar-refractivity contribution in [2.45, 2.75) is 19.6 Å². The lowest BCUT2D eigenvalue weighted by Crippen LogP contribution is -2.38. The number of nitrogens with one attached hydrogen (secondary N) is 2. The van der Waals surface area contributed by atoms with Gasteiger partial charge in [0.15, 0.2) is 0 Å². The van der Waals surface area contributed by atoms with Crippen molar-refractivity contribution in [3.05, 3.63) is 35.9 Å². The molecule has 1 unspecified atom stereocenters. The van der Waals surface area contributed by atoms with Crippen LogP contribution in [0, 0.1) is 0 Å². The van der Waals surface area contributed by atoms with Gasteiger partial charge in [0.25, 0.3) is 0 Å². The summed E-state index contributed by atoms with van der Waals surface area (Å²) in [6, 6.07) is 9.81. The average molecular weight is 317 g/mol. The van der Waals surface area contributed by atoms with E-state index in [1.54, 1.807) is 14.0 Å². The lowest BCUT2D eigenvalue weighted by molar-refractivity contribution is -0.132. The molecular formula is C15H25ClN2O3. The summed E-state index contributed by atoms with van der Waals surface area (Å²) in [7, 11) is 1.66. The van der Waals surface area contributed by atoms with E-state index in [-0.39, 0.29) is 18.3 Å². The standard InChI is InChI=1S/C15H24N2O3.ClH/c1-13(20-12-14-6-4-3-5-7-14)15(18)17-9-8-16-10-11-19-2;/h3-7,13,16H,8-12H2,1-2H3,(H,17,18);1H. The lowest BCUT2D eigenvalue weighted by Gasteiger charge is -2.13. The van der Waals surface area contributed by atoms with Gasteiger partial charge in [-0.1, -0.05) is 30.3 Å². The molecular weight excluding hydrogens is 292 g/mol. The van der Waals surface area contributed by atoms with Gasteiger partial charge < -0.3 is 20.1 Å². The number of methoxy groups -OCH3 is 1. The van der Waals surface area contributed by atoms with Gasteiger partial charge >= 0.3 is 0 Å². The zero-order valence-electron chi connectivity index (χ0n) is 12.6. The Morgan fingerprint density at radius 1 is 1.19 bits per heavy atom.